The van der Waals surface area contributed by atoms with E-state index in [9.17, 15) is 0 Å². The molecule has 16 heavy (non-hydrogen) atoms. The maximum Gasteiger partial charge on any atom is 0.142 e. The summed E-state index contributed by atoms with van der Waals surface area (Å²) in [5, 5.41) is 0. The molecule has 1 aromatic rings. The zero-order chi connectivity index (χ0) is 11.4. The van der Waals surface area contributed by atoms with E-state index in [0.29, 0.717) is 6.54 Å². The summed E-state index contributed by atoms with van der Waals surface area (Å²) in [5.41, 5.74) is 6.59. The first-order valence-corrected chi connectivity index (χ1v) is 5.69. The Balaban J connectivity index is 1.93. The van der Waals surface area contributed by atoms with Crippen LogP contribution in [0.3, 0.4) is 0 Å². The Labute approximate surface area is 96.3 Å². The number of rotatable bonds is 3. The van der Waals surface area contributed by atoms with Crippen LogP contribution in [0.2, 0.25) is 0 Å². The first-order valence-electron chi connectivity index (χ1n) is 5.69. The van der Waals surface area contributed by atoms with Crippen molar-refractivity contribution in [2.24, 2.45) is 5.73 Å². The predicted molar refractivity (Wildman–Crippen MR) is 62.7 cm³/mol. The second kappa shape index (κ2) is 5.34. The SMILES string of the molecule is CN1CCN(Cc2ccnc(CN)n2)CC1. The maximum absolute atomic E-state index is 5.52. The summed E-state index contributed by atoms with van der Waals surface area (Å²) < 4.78 is 0. The van der Waals surface area contributed by atoms with Crippen LogP contribution >= 0.6 is 0 Å². The summed E-state index contributed by atoms with van der Waals surface area (Å²) in [6.07, 6.45) is 1.79. The van der Waals surface area contributed by atoms with Gasteiger partial charge in [-0.3, -0.25) is 4.90 Å². The molecular weight excluding hydrogens is 202 g/mol. The molecule has 2 N–H and O–H groups in total. The van der Waals surface area contributed by atoms with Crippen molar-refractivity contribution in [2.75, 3.05) is 33.2 Å². The summed E-state index contributed by atoms with van der Waals surface area (Å²) in [4.78, 5) is 13.3. The van der Waals surface area contributed by atoms with Crippen molar-refractivity contribution in [1.82, 2.24) is 19.8 Å². The molecule has 1 fully saturated rings. The third-order valence-corrected chi connectivity index (χ3v) is 2.93. The molecule has 0 aliphatic carbocycles. The minimum Gasteiger partial charge on any atom is -0.324 e. The van der Waals surface area contributed by atoms with Crippen molar-refractivity contribution in [2.45, 2.75) is 13.1 Å². The van der Waals surface area contributed by atoms with Gasteiger partial charge in [0.2, 0.25) is 0 Å². The molecule has 0 unspecified atom stereocenters. The highest BCUT2D eigenvalue weighted by molar-refractivity contribution is 5.02. The molecule has 0 saturated carbocycles. The fourth-order valence-corrected chi connectivity index (χ4v) is 1.86. The van der Waals surface area contributed by atoms with Gasteiger partial charge in [0.1, 0.15) is 5.82 Å². The van der Waals surface area contributed by atoms with Crippen molar-refractivity contribution in [3.8, 4) is 0 Å². The van der Waals surface area contributed by atoms with E-state index in [-0.39, 0.29) is 0 Å². The average molecular weight is 221 g/mol. The number of likely N-dealkylation sites (N-methyl/N-ethyl adjacent to an activating group) is 1. The number of nitrogens with two attached hydrogens (primary N) is 1. The predicted octanol–water partition coefficient (Wildman–Crippen LogP) is -0.317. The Bertz CT molecular complexity index is 333. The lowest BCUT2D eigenvalue weighted by Gasteiger charge is -2.32. The molecule has 5 nitrogen and oxygen atoms in total. The molecule has 0 bridgehead atoms. The summed E-state index contributed by atoms with van der Waals surface area (Å²) in [6, 6.07) is 1.97. The van der Waals surface area contributed by atoms with E-state index in [1.54, 1.807) is 6.20 Å². The smallest absolute Gasteiger partial charge is 0.142 e. The summed E-state index contributed by atoms with van der Waals surface area (Å²) >= 11 is 0. The van der Waals surface area contributed by atoms with Crippen molar-refractivity contribution in [3.05, 3.63) is 23.8 Å². The summed E-state index contributed by atoms with van der Waals surface area (Å²) in [7, 11) is 2.16. The van der Waals surface area contributed by atoms with Gasteiger partial charge in [-0.1, -0.05) is 0 Å². The number of hydrogen-bond acceptors (Lipinski definition) is 5. The van der Waals surface area contributed by atoms with Crippen molar-refractivity contribution in [3.63, 3.8) is 0 Å². The summed E-state index contributed by atoms with van der Waals surface area (Å²) in [6.45, 7) is 5.81. The molecule has 2 heterocycles. The van der Waals surface area contributed by atoms with E-state index < -0.39 is 0 Å². The fraction of sp³-hybridized carbons (Fsp3) is 0.636. The van der Waals surface area contributed by atoms with Gasteiger partial charge in [0.15, 0.2) is 0 Å². The lowest BCUT2D eigenvalue weighted by Crippen LogP contribution is -2.44. The molecule has 0 radical (unpaired) electrons. The van der Waals surface area contributed by atoms with Crippen LogP contribution in [0.25, 0.3) is 0 Å². The normalized spacial score (nSPS) is 18.9. The van der Waals surface area contributed by atoms with Gasteiger partial charge in [-0.25, -0.2) is 9.97 Å². The highest BCUT2D eigenvalue weighted by atomic mass is 15.2. The zero-order valence-electron chi connectivity index (χ0n) is 9.76. The van der Waals surface area contributed by atoms with E-state index >= 15 is 0 Å². The molecule has 2 rings (SSSR count). The molecule has 5 heteroatoms. The molecular formula is C11H19N5. The lowest BCUT2D eigenvalue weighted by atomic mass is 10.3. The topological polar surface area (TPSA) is 58.3 Å². The second-order valence-corrected chi connectivity index (χ2v) is 4.25. The molecule has 1 aliphatic heterocycles. The largest absolute Gasteiger partial charge is 0.324 e. The van der Waals surface area contributed by atoms with Crippen LogP contribution in [-0.4, -0.2) is 53.0 Å². The molecule has 0 aromatic carbocycles. The van der Waals surface area contributed by atoms with Gasteiger partial charge in [-0.15, -0.1) is 0 Å². The number of hydrogen-bond donors (Lipinski definition) is 1. The van der Waals surface area contributed by atoms with Gasteiger partial charge in [-0.05, 0) is 13.1 Å². The van der Waals surface area contributed by atoms with Crippen LogP contribution in [0.1, 0.15) is 11.5 Å². The van der Waals surface area contributed by atoms with Crippen LogP contribution in [0.4, 0.5) is 0 Å². The van der Waals surface area contributed by atoms with E-state index in [2.05, 4.69) is 26.8 Å². The van der Waals surface area contributed by atoms with Gasteiger partial charge < -0.3 is 10.6 Å². The van der Waals surface area contributed by atoms with Gasteiger partial charge in [0, 0.05) is 38.9 Å². The van der Waals surface area contributed by atoms with Crippen molar-refractivity contribution in [1.29, 1.82) is 0 Å². The molecule has 1 aromatic heterocycles. The second-order valence-electron chi connectivity index (χ2n) is 4.25. The standard InChI is InChI=1S/C11H19N5/c1-15-4-6-16(7-5-15)9-10-2-3-13-11(8-12)14-10/h2-3H,4-9,12H2,1H3. The number of nitrogens with zero attached hydrogens (tertiary/aromatic N) is 4. The Kier molecular flexibility index (Phi) is 3.82. The van der Waals surface area contributed by atoms with Crippen LogP contribution in [-0.2, 0) is 13.1 Å². The van der Waals surface area contributed by atoms with E-state index in [4.69, 9.17) is 5.73 Å². The molecule has 0 amide bonds. The number of piperazine rings is 1. The molecule has 0 atom stereocenters. The summed E-state index contributed by atoms with van der Waals surface area (Å²) in [5.74, 6) is 0.728. The van der Waals surface area contributed by atoms with Gasteiger partial charge in [0.05, 0.1) is 12.2 Å². The van der Waals surface area contributed by atoms with E-state index in [1.165, 1.54) is 0 Å². The zero-order valence-corrected chi connectivity index (χ0v) is 9.76. The van der Waals surface area contributed by atoms with Gasteiger partial charge in [-0.2, -0.15) is 0 Å². The minimum absolute atomic E-state index is 0.413. The Morgan fingerprint density at radius 1 is 1.31 bits per heavy atom. The highest BCUT2D eigenvalue weighted by Crippen LogP contribution is 2.05. The lowest BCUT2D eigenvalue weighted by molar-refractivity contribution is 0.147. The van der Waals surface area contributed by atoms with E-state index in [0.717, 1.165) is 44.2 Å². The average Bonchev–Trinajstić information content (AvgIpc) is 2.32. The maximum atomic E-state index is 5.52. The molecule has 1 saturated heterocycles. The quantitative estimate of drug-likeness (QED) is 0.758. The Morgan fingerprint density at radius 3 is 2.75 bits per heavy atom. The molecule has 0 spiro atoms. The first kappa shape index (κ1) is 11.4. The number of aromatic nitrogens is 2. The fourth-order valence-electron chi connectivity index (χ4n) is 1.86. The Hall–Kier alpha value is -1.04. The van der Waals surface area contributed by atoms with Crippen LogP contribution in [0, 0.1) is 0 Å². The first-order chi connectivity index (χ1) is 7.78. The van der Waals surface area contributed by atoms with Crippen LogP contribution in [0.15, 0.2) is 12.3 Å². The molecule has 1 aliphatic rings. The monoisotopic (exact) mass is 221 g/mol. The Morgan fingerprint density at radius 2 is 2.06 bits per heavy atom. The van der Waals surface area contributed by atoms with Crippen molar-refractivity contribution < 1.29 is 0 Å². The van der Waals surface area contributed by atoms with Crippen LogP contribution in [0.5, 0.6) is 0 Å². The third kappa shape index (κ3) is 2.98. The highest BCUT2D eigenvalue weighted by Gasteiger charge is 2.14. The van der Waals surface area contributed by atoms with Gasteiger partial charge >= 0.3 is 0 Å². The third-order valence-electron chi connectivity index (χ3n) is 2.93. The molecule has 88 valence electrons. The van der Waals surface area contributed by atoms with Crippen molar-refractivity contribution >= 4 is 0 Å². The van der Waals surface area contributed by atoms with Gasteiger partial charge in [0.25, 0.3) is 0 Å². The minimum atomic E-state index is 0.413. The van der Waals surface area contributed by atoms with E-state index in [1.807, 2.05) is 6.07 Å². The van der Waals surface area contributed by atoms with Crippen LogP contribution < -0.4 is 5.73 Å².